The molecule has 0 amide bonds. The summed E-state index contributed by atoms with van der Waals surface area (Å²) in [5.74, 6) is 1.10. The molecule has 2 aromatic rings. The van der Waals surface area contributed by atoms with Crippen LogP contribution >= 0.6 is 27.5 Å². The van der Waals surface area contributed by atoms with Gasteiger partial charge in [-0.15, -0.1) is 5.10 Å². The molecule has 1 N–H and O–H groups in total. The SMILES string of the molecule is CCCNCc1ccc(Oc2ccc(Cl)cc2Br)nn1. The van der Waals surface area contributed by atoms with Gasteiger partial charge in [0.05, 0.1) is 10.2 Å². The normalized spacial score (nSPS) is 10.6. The van der Waals surface area contributed by atoms with Crippen molar-refractivity contribution in [1.82, 2.24) is 15.5 Å². The number of hydrogen-bond acceptors (Lipinski definition) is 4. The third-order valence-corrected chi connectivity index (χ3v) is 3.39. The fraction of sp³-hybridized carbons (Fsp3) is 0.286. The molecule has 0 aliphatic heterocycles. The van der Waals surface area contributed by atoms with Crippen LogP contribution in [0.3, 0.4) is 0 Å². The average molecular weight is 357 g/mol. The van der Waals surface area contributed by atoms with E-state index in [9.17, 15) is 0 Å². The fourth-order valence-corrected chi connectivity index (χ4v) is 2.32. The van der Waals surface area contributed by atoms with E-state index in [4.69, 9.17) is 16.3 Å². The molecule has 0 aliphatic rings. The Morgan fingerprint density at radius 3 is 2.75 bits per heavy atom. The Labute approximate surface area is 131 Å². The molecule has 6 heteroatoms. The predicted octanol–water partition coefficient (Wildman–Crippen LogP) is 4.18. The summed E-state index contributed by atoms with van der Waals surface area (Å²) in [4.78, 5) is 0. The molecule has 0 unspecified atom stereocenters. The van der Waals surface area contributed by atoms with E-state index in [0.29, 0.717) is 23.2 Å². The first-order valence-electron chi connectivity index (χ1n) is 6.35. The van der Waals surface area contributed by atoms with Crippen molar-refractivity contribution < 1.29 is 4.74 Å². The maximum absolute atomic E-state index is 5.88. The highest BCUT2D eigenvalue weighted by Crippen LogP contribution is 2.30. The van der Waals surface area contributed by atoms with E-state index < -0.39 is 0 Å². The number of nitrogens with zero attached hydrogens (tertiary/aromatic N) is 2. The van der Waals surface area contributed by atoms with Crippen LogP contribution in [0.25, 0.3) is 0 Å². The van der Waals surface area contributed by atoms with E-state index in [1.54, 1.807) is 24.3 Å². The Balaban J connectivity index is 1.99. The van der Waals surface area contributed by atoms with Crippen molar-refractivity contribution in [3.63, 3.8) is 0 Å². The van der Waals surface area contributed by atoms with Crippen LogP contribution in [-0.4, -0.2) is 16.7 Å². The number of nitrogens with one attached hydrogen (secondary N) is 1. The van der Waals surface area contributed by atoms with Gasteiger partial charge in [0.2, 0.25) is 5.88 Å². The van der Waals surface area contributed by atoms with Gasteiger partial charge < -0.3 is 10.1 Å². The van der Waals surface area contributed by atoms with Crippen LogP contribution in [0.4, 0.5) is 0 Å². The summed E-state index contributed by atoms with van der Waals surface area (Å²) < 4.78 is 6.42. The first-order valence-corrected chi connectivity index (χ1v) is 7.52. The molecule has 0 aliphatic carbocycles. The highest BCUT2D eigenvalue weighted by molar-refractivity contribution is 9.10. The summed E-state index contributed by atoms with van der Waals surface area (Å²) in [6.45, 7) is 3.81. The zero-order valence-corrected chi connectivity index (χ0v) is 13.4. The first-order chi connectivity index (χ1) is 9.69. The average Bonchev–Trinajstić information content (AvgIpc) is 2.44. The summed E-state index contributed by atoms with van der Waals surface area (Å²) in [5, 5.41) is 12.1. The van der Waals surface area contributed by atoms with Crippen molar-refractivity contribution in [3.8, 4) is 11.6 Å². The zero-order chi connectivity index (χ0) is 14.4. The van der Waals surface area contributed by atoms with Gasteiger partial charge in [0.15, 0.2) is 0 Å². The number of hydrogen-bond donors (Lipinski definition) is 1. The molecule has 2 rings (SSSR count). The molecule has 0 bridgehead atoms. The molecule has 0 spiro atoms. The Bertz CT molecular complexity index is 563. The molecule has 0 atom stereocenters. The van der Waals surface area contributed by atoms with Gasteiger partial charge in [-0.1, -0.05) is 18.5 Å². The van der Waals surface area contributed by atoms with Crippen molar-refractivity contribution in [2.45, 2.75) is 19.9 Å². The summed E-state index contributed by atoms with van der Waals surface area (Å²) in [7, 11) is 0. The lowest BCUT2D eigenvalue weighted by Gasteiger charge is -2.07. The van der Waals surface area contributed by atoms with E-state index in [1.165, 1.54) is 0 Å². The molecule has 20 heavy (non-hydrogen) atoms. The van der Waals surface area contributed by atoms with Crippen LogP contribution in [0.15, 0.2) is 34.8 Å². The Kier molecular flexibility index (Phi) is 5.76. The van der Waals surface area contributed by atoms with Gasteiger partial charge >= 0.3 is 0 Å². The smallest absolute Gasteiger partial charge is 0.238 e. The summed E-state index contributed by atoms with van der Waals surface area (Å²) in [6.07, 6.45) is 1.10. The van der Waals surface area contributed by atoms with Gasteiger partial charge in [0, 0.05) is 17.6 Å². The quantitative estimate of drug-likeness (QED) is 0.789. The van der Waals surface area contributed by atoms with Crippen molar-refractivity contribution in [2.24, 2.45) is 0 Å². The first kappa shape index (κ1) is 15.2. The van der Waals surface area contributed by atoms with Crippen LogP contribution < -0.4 is 10.1 Å². The molecular formula is C14H15BrClN3O. The number of rotatable bonds is 6. The van der Waals surface area contributed by atoms with Crippen molar-refractivity contribution in [3.05, 3.63) is 45.5 Å². The molecule has 1 heterocycles. The monoisotopic (exact) mass is 355 g/mol. The van der Waals surface area contributed by atoms with Crippen LogP contribution in [-0.2, 0) is 6.54 Å². The molecular weight excluding hydrogens is 342 g/mol. The van der Waals surface area contributed by atoms with Crippen LogP contribution in [0.1, 0.15) is 19.0 Å². The lowest BCUT2D eigenvalue weighted by molar-refractivity contribution is 0.450. The van der Waals surface area contributed by atoms with Crippen molar-refractivity contribution >= 4 is 27.5 Å². The molecule has 1 aromatic carbocycles. The van der Waals surface area contributed by atoms with Crippen molar-refractivity contribution in [2.75, 3.05) is 6.54 Å². The minimum absolute atomic E-state index is 0.451. The topological polar surface area (TPSA) is 47.0 Å². The van der Waals surface area contributed by atoms with Crippen LogP contribution in [0, 0.1) is 0 Å². The summed E-state index contributed by atoms with van der Waals surface area (Å²) >= 11 is 9.27. The second-order valence-electron chi connectivity index (χ2n) is 4.22. The second-order valence-corrected chi connectivity index (χ2v) is 5.51. The van der Waals surface area contributed by atoms with E-state index in [-0.39, 0.29) is 0 Å². The molecule has 4 nitrogen and oxygen atoms in total. The van der Waals surface area contributed by atoms with Gasteiger partial charge in [-0.2, -0.15) is 5.10 Å². The lowest BCUT2D eigenvalue weighted by Crippen LogP contribution is -2.15. The molecule has 0 fully saturated rings. The zero-order valence-electron chi connectivity index (χ0n) is 11.1. The largest absolute Gasteiger partial charge is 0.436 e. The number of benzene rings is 1. The molecule has 0 radical (unpaired) electrons. The van der Waals surface area contributed by atoms with Crippen LogP contribution in [0.5, 0.6) is 11.6 Å². The van der Waals surface area contributed by atoms with Gasteiger partial charge in [-0.25, -0.2) is 0 Å². The molecule has 0 saturated heterocycles. The molecule has 1 aromatic heterocycles. The van der Waals surface area contributed by atoms with Crippen molar-refractivity contribution in [1.29, 1.82) is 0 Å². The van der Waals surface area contributed by atoms with E-state index in [0.717, 1.165) is 23.1 Å². The van der Waals surface area contributed by atoms with Gasteiger partial charge in [0.25, 0.3) is 0 Å². The number of halogens is 2. The number of ether oxygens (including phenoxy) is 1. The predicted molar refractivity (Wildman–Crippen MR) is 83.3 cm³/mol. The minimum atomic E-state index is 0.451. The maximum Gasteiger partial charge on any atom is 0.238 e. The Morgan fingerprint density at radius 2 is 2.10 bits per heavy atom. The van der Waals surface area contributed by atoms with Gasteiger partial charge in [-0.3, -0.25) is 0 Å². The summed E-state index contributed by atoms with van der Waals surface area (Å²) in [6, 6.07) is 9.02. The maximum atomic E-state index is 5.88. The van der Waals surface area contributed by atoms with Crippen LogP contribution in [0.2, 0.25) is 5.02 Å². The van der Waals surface area contributed by atoms with E-state index >= 15 is 0 Å². The summed E-state index contributed by atoms with van der Waals surface area (Å²) in [5.41, 5.74) is 0.890. The fourth-order valence-electron chi connectivity index (χ4n) is 1.56. The highest BCUT2D eigenvalue weighted by Gasteiger charge is 2.05. The Hall–Kier alpha value is -1.17. The molecule has 0 saturated carbocycles. The third kappa shape index (κ3) is 4.44. The van der Waals surface area contributed by atoms with E-state index in [2.05, 4.69) is 38.4 Å². The lowest BCUT2D eigenvalue weighted by atomic mass is 10.3. The van der Waals surface area contributed by atoms with Gasteiger partial charge in [-0.05, 0) is 53.2 Å². The Morgan fingerprint density at radius 1 is 1.25 bits per heavy atom. The second kappa shape index (κ2) is 7.57. The third-order valence-electron chi connectivity index (χ3n) is 2.54. The highest BCUT2D eigenvalue weighted by atomic mass is 79.9. The van der Waals surface area contributed by atoms with E-state index in [1.807, 2.05) is 6.07 Å². The number of aromatic nitrogens is 2. The van der Waals surface area contributed by atoms with Gasteiger partial charge in [0.1, 0.15) is 5.75 Å². The standard InChI is InChI=1S/C14H15BrClN3O/c1-2-7-17-9-11-4-6-14(19-18-11)20-13-5-3-10(16)8-12(13)15/h3-6,8,17H,2,7,9H2,1H3. The molecule has 106 valence electrons. The minimum Gasteiger partial charge on any atom is -0.436 e.